The zero-order chi connectivity index (χ0) is 21.1. The van der Waals surface area contributed by atoms with Crippen molar-refractivity contribution in [3.8, 4) is 11.1 Å². The van der Waals surface area contributed by atoms with Crippen molar-refractivity contribution in [3.63, 3.8) is 0 Å². The number of rotatable bonds is 4. The first kappa shape index (κ1) is 19.8. The third kappa shape index (κ3) is 4.26. The van der Waals surface area contributed by atoms with Crippen LogP contribution < -0.4 is 0 Å². The molecule has 7 nitrogen and oxygen atoms in total. The molecule has 1 amide bonds. The molecule has 0 aliphatic carbocycles. The molecule has 1 N–H and O–H groups in total. The molecule has 3 aromatic rings. The molecule has 0 bridgehead atoms. The van der Waals surface area contributed by atoms with E-state index >= 15 is 0 Å². The summed E-state index contributed by atoms with van der Waals surface area (Å²) in [5, 5.41) is 12.8. The average Bonchev–Trinajstić information content (AvgIpc) is 3.26. The molecular formula is C23H24N4O3. The molecule has 0 spiro atoms. The van der Waals surface area contributed by atoms with E-state index < -0.39 is 5.97 Å². The number of carboxylic acid groups (broad SMARTS) is 1. The summed E-state index contributed by atoms with van der Waals surface area (Å²) in [6, 6.07) is 18.0. The third-order valence-corrected chi connectivity index (χ3v) is 5.49. The van der Waals surface area contributed by atoms with Gasteiger partial charge in [0.2, 0.25) is 0 Å². The SMILES string of the molecule is Cc1cc(-c2ccccc2)ccc1CN1CCN(C(=O)n2ccc(C(=O)O)n2)CC1. The van der Waals surface area contributed by atoms with Crippen LogP contribution in [0.25, 0.3) is 11.1 Å². The maximum Gasteiger partial charge on any atom is 0.356 e. The number of aromatic carboxylic acids is 1. The lowest BCUT2D eigenvalue weighted by Crippen LogP contribution is -2.49. The molecule has 0 saturated carbocycles. The van der Waals surface area contributed by atoms with E-state index in [1.54, 1.807) is 4.90 Å². The Morgan fingerprint density at radius 3 is 2.33 bits per heavy atom. The van der Waals surface area contributed by atoms with Crippen LogP contribution in [-0.4, -0.2) is 62.9 Å². The van der Waals surface area contributed by atoms with E-state index in [0.29, 0.717) is 13.1 Å². The molecule has 2 heterocycles. The van der Waals surface area contributed by atoms with Gasteiger partial charge >= 0.3 is 12.0 Å². The highest BCUT2D eigenvalue weighted by Gasteiger charge is 2.23. The summed E-state index contributed by atoms with van der Waals surface area (Å²) < 4.78 is 1.10. The van der Waals surface area contributed by atoms with Crippen LogP contribution >= 0.6 is 0 Å². The Labute approximate surface area is 175 Å². The van der Waals surface area contributed by atoms with E-state index in [2.05, 4.69) is 47.3 Å². The molecule has 1 fully saturated rings. The van der Waals surface area contributed by atoms with Gasteiger partial charge in [0, 0.05) is 38.9 Å². The topological polar surface area (TPSA) is 78.7 Å². The minimum absolute atomic E-state index is 0.128. The maximum atomic E-state index is 12.5. The molecule has 30 heavy (non-hydrogen) atoms. The number of aromatic nitrogens is 2. The van der Waals surface area contributed by atoms with E-state index in [1.807, 2.05) is 18.2 Å². The van der Waals surface area contributed by atoms with E-state index in [9.17, 15) is 9.59 Å². The number of nitrogens with zero attached hydrogens (tertiary/aromatic N) is 4. The largest absolute Gasteiger partial charge is 0.476 e. The molecule has 0 atom stereocenters. The Bertz CT molecular complexity index is 1050. The first-order valence-corrected chi connectivity index (χ1v) is 9.97. The molecule has 2 aromatic carbocycles. The summed E-state index contributed by atoms with van der Waals surface area (Å²) in [4.78, 5) is 27.5. The Hall–Kier alpha value is -3.45. The van der Waals surface area contributed by atoms with Gasteiger partial charge in [0.05, 0.1) is 0 Å². The summed E-state index contributed by atoms with van der Waals surface area (Å²) in [5.74, 6) is -1.14. The van der Waals surface area contributed by atoms with Gasteiger partial charge in [-0.15, -0.1) is 0 Å². The van der Waals surface area contributed by atoms with Gasteiger partial charge in [-0.2, -0.15) is 9.78 Å². The quantitative estimate of drug-likeness (QED) is 0.722. The van der Waals surface area contributed by atoms with Crippen molar-refractivity contribution in [2.75, 3.05) is 26.2 Å². The molecule has 4 rings (SSSR count). The summed E-state index contributed by atoms with van der Waals surface area (Å²) >= 11 is 0. The molecule has 7 heteroatoms. The summed E-state index contributed by atoms with van der Waals surface area (Å²) in [6.45, 7) is 5.68. The zero-order valence-corrected chi connectivity index (χ0v) is 16.9. The van der Waals surface area contributed by atoms with Crippen LogP contribution in [0.1, 0.15) is 21.6 Å². The Balaban J connectivity index is 1.35. The lowest BCUT2D eigenvalue weighted by atomic mass is 9.99. The van der Waals surface area contributed by atoms with Crippen LogP contribution in [0.2, 0.25) is 0 Å². The van der Waals surface area contributed by atoms with Crippen LogP contribution in [0.5, 0.6) is 0 Å². The lowest BCUT2D eigenvalue weighted by molar-refractivity contribution is 0.0689. The number of hydrogen-bond donors (Lipinski definition) is 1. The number of hydrogen-bond acceptors (Lipinski definition) is 4. The number of aryl methyl sites for hydroxylation is 1. The summed E-state index contributed by atoms with van der Waals surface area (Å²) in [6.07, 6.45) is 1.40. The van der Waals surface area contributed by atoms with Gasteiger partial charge in [0.15, 0.2) is 5.69 Å². The van der Waals surface area contributed by atoms with Crippen molar-refractivity contribution in [2.45, 2.75) is 13.5 Å². The Morgan fingerprint density at radius 2 is 1.70 bits per heavy atom. The molecule has 1 saturated heterocycles. The zero-order valence-electron chi connectivity index (χ0n) is 16.9. The molecule has 0 radical (unpaired) electrons. The molecule has 1 aromatic heterocycles. The van der Waals surface area contributed by atoms with Gasteiger partial charge in [-0.3, -0.25) is 4.90 Å². The fourth-order valence-corrected chi connectivity index (χ4v) is 3.71. The maximum absolute atomic E-state index is 12.5. The number of amides is 1. The lowest BCUT2D eigenvalue weighted by Gasteiger charge is -2.34. The standard InChI is InChI=1S/C23H24N4O3/c1-17-15-19(18-5-3-2-4-6-18)7-8-20(17)16-25-11-13-26(14-12-25)23(30)27-10-9-21(24-27)22(28)29/h2-10,15H,11-14,16H2,1H3,(H,28,29). The predicted molar refractivity (Wildman–Crippen MR) is 113 cm³/mol. The van der Waals surface area contributed by atoms with Crippen molar-refractivity contribution in [1.29, 1.82) is 0 Å². The summed E-state index contributed by atoms with van der Waals surface area (Å²) in [5.41, 5.74) is 4.84. The normalized spacial score (nSPS) is 14.6. The van der Waals surface area contributed by atoms with E-state index in [1.165, 1.54) is 34.5 Å². The predicted octanol–water partition coefficient (Wildman–Crippen LogP) is 3.34. The minimum Gasteiger partial charge on any atom is -0.476 e. The van der Waals surface area contributed by atoms with Crippen molar-refractivity contribution in [1.82, 2.24) is 19.6 Å². The second kappa shape index (κ2) is 8.51. The smallest absolute Gasteiger partial charge is 0.356 e. The second-order valence-corrected chi connectivity index (χ2v) is 7.50. The highest BCUT2D eigenvalue weighted by molar-refractivity contribution is 5.86. The van der Waals surface area contributed by atoms with Gasteiger partial charge in [-0.05, 0) is 35.2 Å². The molecule has 0 unspecified atom stereocenters. The number of carbonyl (C=O) groups excluding carboxylic acids is 1. The molecular weight excluding hydrogens is 380 g/mol. The first-order chi connectivity index (χ1) is 14.5. The van der Waals surface area contributed by atoms with Crippen LogP contribution in [0.4, 0.5) is 4.79 Å². The van der Waals surface area contributed by atoms with Crippen LogP contribution in [0.3, 0.4) is 0 Å². The number of carbonyl (C=O) groups is 2. The molecule has 154 valence electrons. The second-order valence-electron chi connectivity index (χ2n) is 7.50. The van der Waals surface area contributed by atoms with Crippen molar-refractivity contribution >= 4 is 12.0 Å². The van der Waals surface area contributed by atoms with Gasteiger partial charge < -0.3 is 10.0 Å². The third-order valence-electron chi connectivity index (χ3n) is 5.49. The fraction of sp³-hybridized carbons (Fsp3) is 0.261. The van der Waals surface area contributed by atoms with E-state index in [4.69, 9.17) is 5.11 Å². The molecule has 1 aliphatic rings. The van der Waals surface area contributed by atoms with E-state index in [-0.39, 0.29) is 11.7 Å². The van der Waals surface area contributed by atoms with Crippen LogP contribution in [0.15, 0.2) is 60.8 Å². The van der Waals surface area contributed by atoms with Crippen LogP contribution in [0, 0.1) is 6.92 Å². The van der Waals surface area contributed by atoms with Crippen molar-refractivity contribution in [3.05, 3.63) is 77.6 Å². The number of benzene rings is 2. The van der Waals surface area contributed by atoms with Gasteiger partial charge in [0.1, 0.15) is 0 Å². The van der Waals surface area contributed by atoms with E-state index in [0.717, 1.165) is 24.3 Å². The number of piperazine rings is 1. The first-order valence-electron chi connectivity index (χ1n) is 9.97. The van der Waals surface area contributed by atoms with Crippen LogP contribution in [-0.2, 0) is 6.54 Å². The summed E-state index contributed by atoms with van der Waals surface area (Å²) in [7, 11) is 0. The minimum atomic E-state index is -1.14. The Kier molecular flexibility index (Phi) is 5.63. The van der Waals surface area contributed by atoms with Gasteiger partial charge in [-0.25, -0.2) is 9.59 Å². The molecule has 1 aliphatic heterocycles. The monoisotopic (exact) mass is 404 g/mol. The van der Waals surface area contributed by atoms with Crippen molar-refractivity contribution in [2.24, 2.45) is 0 Å². The van der Waals surface area contributed by atoms with Gasteiger partial charge in [-0.1, -0.05) is 48.5 Å². The van der Waals surface area contributed by atoms with Gasteiger partial charge in [0.25, 0.3) is 0 Å². The fourth-order valence-electron chi connectivity index (χ4n) is 3.71. The highest BCUT2D eigenvalue weighted by atomic mass is 16.4. The number of carboxylic acids is 1. The highest BCUT2D eigenvalue weighted by Crippen LogP contribution is 2.23. The van der Waals surface area contributed by atoms with Crippen molar-refractivity contribution < 1.29 is 14.7 Å². The Morgan fingerprint density at radius 1 is 0.967 bits per heavy atom. The average molecular weight is 404 g/mol.